The molecule has 0 bridgehead atoms. The Morgan fingerprint density at radius 2 is 1.37 bits per heavy atom. The number of rotatable bonds is 7. The van der Waals surface area contributed by atoms with E-state index in [4.69, 9.17) is 4.74 Å². The molecule has 4 heteroatoms. The molecule has 0 saturated carbocycles. The minimum absolute atomic E-state index is 0.0712. The van der Waals surface area contributed by atoms with Crippen LogP contribution in [0.15, 0.2) is 109 Å². The number of ether oxygens (including phenoxy) is 1. The van der Waals surface area contributed by atoms with Crippen molar-refractivity contribution < 1.29 is 9.53 Å². The number of carbonyl (C=O) groups excluding carboxylic acids is 1. The Bertz CT molecular complexity index is 1040. The molecule has 30 heavy (non-hydrogen) atoms. The van der Waals surface area contributed by atoms with Gasteiger partial charge in [0.25, 0.3) is 5.91 Å². The van der Waals surface area contributed by atoms with Crippen molar-refractivity contribution in [2.24, 2.45) is 0 Å². The molecular formula is C26H22N2O2. The molecule has 0 radical (unpaired) electrons. The number of pyridine rings is 1. The average Bonchev–Trinajstić information content (AvgIpc) is 2.83. The molecule has 1 heterocycles. The molecule has 0 saturated heterocycles. The van der Waals surface area contributed by atoms with E-state index in [1.54, 1.807) is 12.4 Å². The molecule has 0 aliphatic heterocycles. The van der Waals surface area contributed by atoms with Crippen LogP contribution in [0.3, 0.4) is 0 Å². The third-order valence-electron chi connectivity index (χ3n) is 4.81. The Labute approximate surface area is 176 Å². The largest absolute Gasteiger partial charge is 0.483 e. The lowest BCUT2D eigenvalue weighted by Gasteiger charge is -2.20. The zero-order valence-corrected chi connectivity index (χ0v) is 16.4. The summed E-state index contributed by atoms with van der Waals surface area (Å²) in [4.78, 5) is 16.8. The molecule has 4 nitrogen and oxygen atoms in total. The van der Waals surface area contributed by atoms with Gasteiger partial charge in [-0.1, -0.05) is 78.9 Å². The molecule has 4 aromatic rings. The molecule has 148 valence electrons. The van der Waals surface area contributed by atoms with Crippen LogP contribution in [0.5, 0.6) is 5.75 Å². The monoisotopic (exact) mass is 394 g/mol. The number of aromatic nitrogens is 1. The van der Waals surface area contributed by atoms with Gasteiger partial charge < -0.3 is 10.1 Å². The van der Waals surface area contributed by atoms with Crippen LogP contribution >= 0.6 is 0 Å². The van der Waals surface area contributed by atoms with Gasteiger partial charge in [0.1, 0.15) is 5.75 Å². The Morgan fingerprint density at radius 3 is 2.10 bits per heavy atom. The number of nitrogens with one attached hydrogen (secondary N) is 1. The third-order valence-corrected chi connectivity index (χ3v) is 4.81. The predicted octanol–water partition coefficient (Wildman–Crippen LogP) is 5.03. The molecule has 1 aromatic heterocycles. The number of para-hydroxylation sites is 1. The average molecular weight is 394 g/mol. The van der Waals surface area contributed by atoms with Crippen molar-refractivity contribution in [2.45, 2.75) is 6.04 Å². The normalized spacial score (nSPS) is 11.5. The zero-order chi connectivity index (χ0) is 20.6. The van der Waals surface area contributed by atoms with Crippen LogP contribution in [0, 0.1) is 0 Å². The maximum atomic E-state index is 12.8. The van der Waals surface area contributed by atoms with Crippen molar-refractivity contribution >= 4 is 5.91 Å². The van der Waals surface area contributed by atoms with E-state index in [1.165, 1.54) is 0 Å². The van der Waals surface area contributed by atoms with E-state index in [0.29, 0.717) is 5.75 Å². The van der Waals surface area contributed by atoms with E-state index in [0.717, 1.165) is 22.3 Å². The molecule has 3 aromatic carbocycles. The first-order valence-electron chi connectivity index (χ1n) is 9.83. The van der Waals surface area contributed by atoms with Crippen molar-refractivity contribution in [1.29, 1.82) is 0 Å². The van der Waals surface area contributed by atoms with Gasteiger partial charge in [0, 0.05) is 18.0 Å². The number of hydrogen-bond acceptors (Lipinski definition) is 3. The SMILES string of the molecule is O=C(COc1ccccc1-c1ccccc1)N[C@H](c1ccccc1)c1ccncc1. The maximum Gasteiger partial charge on any atom is 0.258 e. The molecule has 0 aliphatic rings. The molecule has 4 rings (SSSR count). The van der Waals surface area contributed by atoms with Crippen molar-refractivity contribution in [3.63, 3.8) is 0 Å². The van der Waals surface area contributed by atoms with E-state index in [2.05, 4.69) is 10.3 Å². The Morgan fingerprint density at radius 1 is 0.767 bits per heavy atom. The first-order chi connectivity index (χ1) is 14.8. The topological polar surface area (TPSA) is 51.2 Å². The minimum Gasteiger partial charge on any atom is -0.483 e. The van der Waals surface area contributed by atoms with Crippen LogP contribution in [0.2, 0.25) is 0 Å². The lowest BCUT2D eigenvalue weighted by Crippen LogP contribution is -2.33. The van der Waals surface area contributed by atoms with E-state index < -0.39 is 0 Å². The van der Waals surface area contributed by atoms with Crippen LogP contribution in [0.4, 0.5) is 0 Å². The summed E-state index contributed by atoms with van der Waals surface area (Å²) in [5.41, 5.74) is 3.98. The number of amides is 1. The summed E-state index contributed by atoms with van der Waals surface area (Å²) in [5, 5.41) is 3.09. The van der Waals surface area contributed by atoms with E-state index in [-0.39, 0.29) is 18.6 Å². The summed E-state index contributed by atoms with van der Waals surface area (Å²) in [5.74, 6) is 0.488. The summed E-state index contributed by atoms with van der Waals surface area (Å²) < 4.78 is 5.90. The van der Waals surface area contributed by atoms with Crippen molar-refractivity contribution in [1.82, 2.24) is 10.3 Å². The molecule has 0 aliphatic carbocycles. The van der Waals surface area contributed by atoms with Gasteiger partial charge >= 0.3 is 0 Å². The lowest BCUT2D eigenvalue weighted by molar-refractivity contribution is -0.123. The smallest absolute Gasteiger partial charge is 0.258 e. The van der Waals surface area contributed by atoms with Crippen molar-refractivity contribution in [2.75, 3.05) is 6.61 Å². The highest BCUT2D eigenvalue weighted by atomic mass is 16.5. The van der Waals surface area contributed by atoms with Crippen LogP contribution in [-0.2, 0) is 4.79 Å². The van der Waals surface area contributed by atoms with Crippen molar-refractivity contribution in [3.05, 3.63) is 121 Å². The molecule has 1 atom stereocenters. The minimum atomic E-state index is -0.269. The lowest BCUT2D eigenvalue weighted by atomic mass is 10.00. The third kappa shape index (κ3) is 4.73. The molecule has 1 N–H and O–H groups in total. The van der Waals surface area contributed by atoms with E-state index >= 15 is 0 Å². The number of carbonyl (C=O) groups is 1. The second kappa shape index (κ2) is 9.52. The molecular weight excluding hydrogens is 372 g/mol. The van der Waals surface area contributed by atoms with Crippen molar-refractivity contribution in [3.8, 4) is 16.9 Å². The predicted molar refractivity (Wildman–Crippen MR) is 118 cm³/mol. The summed E-state index contributed by atoms with van der Waals surface area (Å²) in [6.07, 6.45) is 3.45. The van der Waals surface area contributed by atoms with Gasteiger partial charge in [0.05, 0.1) is 6.04 Å². The quantitative estimate of drug-likeness (QED) is 0.478. The van der Waals surface area contributed by atoms with Gasteiger partial charge in [-0.3, -0.25) is 9.78 Å². The van der Waals surface area contributed by atoms with Crippen LogP contribution in [0.25, 0.3) is 11.1 Å². The molecule has 0 fully saturated rings. The van der Waals surface area contributed by atoms with Crippen LogP contribution < -0.4 is 10.1 Å². The van der Waals surface area contributed by atoms with Crippen LogP contribution in [-0.4, -0.2) is 17.5 Å². The van der Waals surface area contributed by atoms with E-state index in [9.17, 15) is 4.79 Å². The summed E-state index contributed by atoms with van der Waals surface area (Å²) >= 11 is 0. The molecule has 1 amide bonds. The second-order valence-electron chi connectivity index (χ2n) is 6.84. The van der Waals surface area contributed by atoms with Gasteiger partial charge in [-0.05, 0) is 34.9 Å². The summed E-state index contributed by atoms with van der Waals surface area (Å²) in [6.45, 7) is -0.0712. The van der Waals surface area contributed by atoms with Gasteiger partial charge in [-0.2, -0.15) is 0 Å². The Hall–Kier alpha value is -3.92. The Kier molecular flexibility index (Phi) is 6.16. The fourth-order valence-corrected chi connectivity index (χ4v) is 3.36. The fraction of sp³-hybridized carbons (Fsp3) is 0.0769. The van der Waals surface area contributed by atoms with Gasteiger partial charge in [0.2, 0.25) is 0 Å². The first kappa shape index (κ1) is 19.4. The number of hydrogen-bond donors (Lipinski definition) is 1. The standard InChI is InChI=1S/C26H22N2O2/c29-25(19-30-24-14-8-7-13-23(24)20-9-3-1-4-10-20)28-26(21-11-5-2-6-12-21)22-15-17-27-18-16-22/h1-18,26H,19H2,(H,28,29)/t26-/m1/s1. The summed E-state index contributed by atoms with van der Waals surface area (Å²) in [6, 6.07) is 31.2. The highest BCUT2D eigenvalue weighted by Crippen LogP contribution is 2.29. The molecule has 0 spiro atoms. The van der Waals surface area contributed by atoms with Crippen LogP contribution in [0.1, 0.15) is 17.2 Å². The first-order valence-corrected chi connectivity index (χ1v) is 9.83. The van der Waals surface area contributed by atoms with Gasteiger partial charge in [-0.25, -0.2) is 0 Å². The maximum absolute atomic E-state index is 12.8. The zero-order valence-electron chi connectivity index (χ0n) is 16.4. The summed E-state index contributed by atoms with van der Waals surface area (Å²) in [7, 11) is 0. The van der Waals surface area contributed by atoms with Gasteiger partial charge in [0.15, 0.2) is 6.61 Å². The number of nitrogens with zero attached hydrogens (tertiary/aromatic N) is 1. The van der Waals surface area contributed by atoms with E-state index in [1.807, 2.05) is 97.1 Å². The Balaban J connectivity index is 1.49. The highest BCUT2D eigenvalue weighted by Gasteiger charge is 2.17. The fourth-order valence-electron chi connectivity index (χ4n) is 3.36. The van der Waals surface area contributed by atoms with Gasteiger partial charge in [-0.15, -0.1) is 0 Å². The highest BCUT2D eigenvalue weighted by molar-refractivity contribution is 5.79. The second-order valence-corrected chi connectivity index (χ2v) is 6.84. The molecule has 0 unspecified atom stereocenters. The number of benzene rings is 3.